The second-order valence-corrected chi connectivity index (χ2v) is 4.11. The molecule has 2 rings (SSSR count). The summed E-state index contributed by atoms with van der Waals surface area (Å²) in [6.07, 6.45) is 1.65. The van der Waals surface area contributed by atoms with Gasteiger partial charge in [0.15, 0.2) is 0 Å². The van der Waals surface area contributed by atoms with E-state index in [9.17, 15) is 5.11 Å². The maximum Gasteiger partial charge on any atom is 0.0708 e. The Hall–Kier alpha value is -0.860. The van der Waals surface area contributed by atoms with Crippen molar-refractivity contribution in [2.24, 2.45) is 0 Å². The molecule has 1 heterocycles. The van der Waals surface area contributed by atoms with Gasteiger partial charge in [-0.3, -0.25) is 0 Å². The predicted octanol–water partition coefficient (Wildman–Crippen LogP) is 1.26. The van der Waals surface area contributed by atoms with Gasteiger partial charge in [-0.05, 0) is 31.9 Å². The van der Waals surface area contributed by atoms with Gasteiger partial charge in [0.2, 0.25) is 0 Å². The van der Waals surface area contributed by atoms with E-state index in [0.29, 0.717) is 0 Å². The van der Waals surface area contributed by atoms with E-state index < -0.39 is 0 Å². The van der Waals surface area contributed by atoms with E-state index >= 15 is 0 Å². The number of benzene rings is 1. The Morgan fingerprint density at radius 1 is 1.50 bits per heavy atom. The van der Waals surface area contributed by atoms with Gasteiger partial charge in [-0.15, -0.1) is 0 Å². The molecular weight excluding hydrogens is 174 g/mol. The highest BCUT2D eigenvalue weighted by molar-refractivity contribution is 5.23. The van der Waals surface area contributed by atoms with E-state index in [0.717, 1.165) is 19.4 Å². The largest absolute Gasteiger partial charge is 0.391 e. The third-order valence-electron chi connectivity index (χ3n) is 2.85. The Morgan fingerprint density at radius 2 is 2.36 bits per heavy atom. The molecule has 1 aliphatic rings. The standard InChI is InChI=1S/C12H17NO/c1-9-3-2-4-10(7-9)8-11-12(14)5-6-13-11/h2-4,7,11-14H,5-6,8H2,1H3. The fourth-order valence-corrected chi connectivity index (χ4v) is 2.06. The first-order chi connectivity index (χ1) is 6.75. The summed E-state index contributed by atoms with van der Waals surface area (Å²) in [6.45, 7) is 3.04. The average Bonchev–Trinajstić information content (AvgIpc) is 2.52. The van der Waals surface area contributed by atoms with Gasteiger partial charge in [-0.1, -0.05) is 29.8 Å². The summed E-state index contributed by atoms with van der Waals surface area (Å²) in [6, 6.07) is 8.73. The van der Waals surface area contributed by atoms with Crippen molar-refractivity contribution in [1.82, 2.24) is 5.32 Å². The van der Waals surface area contributed by atoms with Gasteiger partial charge in [0.25, 0.3) is 0 Å². The van der Waals surface area contributed by atoms with Crippen LogP contribution in [0.1, 0.15) is 17.5 Å². The SMILES string of the molecule is Cc1cccc(CC2NCCC2O)c1. The molecule has 1 saturated heterocycles. The lowest BCUT2D eigenvalue weighted by Crippen LogP contribution is -2.32. The third kappa shape index (κ3) is 2.14. The van der Waals surface area contributed by atoms with Crippen LogP contribution in [0.5, 0.6) is 0 Å². The number of nitrogens with one attached hydrogen (secondary N) is 1. The van der Waals surface area contributed by atoms with Crippen LogP contribution in [0, 0.1) is 6.92 Å². The van der Waals surface area contributed by atoms with Gasteiger partial charge in [0, 0.05) is 6.04 Å². The van der Waals surface area contributed by atoms with Crippen LogP contribution in [-0.2, 0) is 6.42 Å². The highest BCUT2D eigenvalue weighted by Gasteiger charge is 2.24. The number of aliphatic hydroxyl groups is 1. The number of rotatable bonds is 2. The Morgan fingerprint density at radius 3 is 3.00 bits per heavy atom. The molecular formula is C12H17NO. The molecule has 1 aromatic rings. The first-order valence-corrected chi connectivity index (χ1v) is 5.23. The maximum absolute atomic E-state index is 9.66. The molecule has 2 heteroatoms. The molecule has 2 unspecified atom stereocenters. The minimum Gasteiger partial charge on any atom is -0.391 e. The highest BCUT2D eigenvalue weighted by atomic mass is 16.3. The summed E-state index contributed by atoms with van der Waals surface area (Å²) >= 11 is 0. The van der Waals surface area contributed by atoms with Gasteiger partial charge in [-0.25, -0.2) is 0 Å². The van der Waals surface area contributed by atoms with Crippen molar-refractivity contribution in [2.75, 3.05) is 6.54 Å². The molecule has 2 atom stereocenters. The van der Waals surface area contributed by atoms with Crippen molar-refractivity contribution in [2.45, 2.75) is 31.9 Å². The fourth-order valence-electron chi connectivity index (χ4n) is 2.06. The third-order valence-corrected chi connectivity index (χ3v) is 2.85. The normalized spacial score (nSPS) is 26.7. The second kappa shape index (κ2) is 4.11. The molecule has 0 aromatic heterocycles. The quantitative estimate of drug-likeness (QED) is 0.737. The van der Waals surface area contributed by atoms with E-state index in [1.54, 1.807) is 0 Å². The monoisotopic (exact) mass is 191 g/mol. The molecule has 2 N–H and O–H groups in total. The Labute approximate surface area is 85.0 Å². The van der Waals surface area contributed by atoms with Crippen LogP contribution >= 0.6 is 0 Å². The summed E-state index contributed by atoms with van der Waals surface area (Å²) in [7, 11) is 0. The van der Waals surface area contributed by atoms with Gasteiger partial charge in [0.1, 0.15) is 0 Å². The van der Waals surface area contributed by atoms with Crippen molar-refractivity contribution in [3.63, 3.8) is 0 Å². The highest BCUT2D eigenvalue weighted by Crippen LogP contribution is 2.13. The number of aryl methyl sites for hydroxylation is 1. The van der Waals surface area contributed by atoms with E-state index in [2.05, 4.69) is 36.5 Å². The Balaban J connectivity index is 2.03. The Bertz CT molecular complexity index is 311. The second-order valence-electron chi connectivity index (χ2n) is 4.11. The zero-order valence-corrected chi connectivity index (χ0v) is 8.53. The molecule has 1 aromatic carbocycles. The molecule has 14 heavy (non-hydrogen) atoms. The molecule has 76 valence electrons. The van der Waals surface area contributed by atoms with Crippen molar-refractivity contribution in [3.05, 3.63) is 35.4 Å². The topological polar surface area (TPSA) is 32.3 Å². The first kappa shape index (κ1) is 9.69. The average molecular weight is 191 g/mol. The van der Waals surface area contributed by atoms with Crippen LogP contribution in [0.3, 0.4) is 0 Å². The summed E-state index contributed by atoms with van der Waals surface area (Å²) in [4.78, 5) is 0. The minimum atomic E-state index is -0.171. The van der Waals surface area contributed by atoms with Crippen molar-refractivity contribution >= 4 is 0 Å². The number of aliphatic hydroxyl groups excluding tert-OH is 1. The predicted molar refractivity (Wildman–Crippen MR) is 57.3 cm³/mol. The van der Waals surface area contributed by atoms with Crippen LogP contribution in [0.2, 0.25) is 0 Å². The summed E-state index contributed by atoms with van der Waals surface area (Å²) in [5, 5.41) is 13.0. The van der Waals surface area contributed by atoms with Gasteiger partial charge in [0.05, 0.1) is 6.10 Å². The molecule has 0 saturated carbocycles. The van der Waals surface area contributed by atoms with E-state index in [4.69, 9.17) is 0 Å². The minimum absolute atomic E-state index is 0.171. The summed E-state index contributed by atoms with van der Waals surface area (Å²) in [5.74, 6) is 0. The fraction of sp³-hybridized carbons (Fsp3) is 0.500. The zero-order valence-electron chi connectivity index (χ0n) is 8.53. The van der Waals surface area contributed by atoms with Gasteiger partial charge in [-0.2, -0.15) is 0 Å². The molecule has 0 radical (unpaired) electrons. The molecule has 0 aliphatic carbocycles. The lowest BCUT2D eigenvalue weighted by Gasteiger charge is -2.14. The molecule has 2 nitrogen and oxygen atoms in total. The van der Waals surface area contributed by atoms with Crippen LogP contribution in [0.15, 0.2) is 24.3 Å². The first-order valence-electron chi connectivity index (χ1n) is 5.23. The smallest absolute Gasteiger partial charge is 0.0708 e. The summed E-state index contributed by atoms with van der Waals surface area (Å²) < 4.78 is 0. The molecule has 0 amide bonds. The summed E-state index contributed by atoms with van der Waals surface area (Å²) in [5.41, 5.74) is 2.60. The van der Waals surface area contributed by atoms with Crippen LogP contribution in [0.4, 0.5) is 0 Å². The van der Waals surface area contributed by atoms with Crippen molar-refractivity contribution < 1.29 is 5.11 Å². The lowest BCUT2D eigenvalue weighted by atomic mass is 10.0. The van der Waals surface area contributed by atoms with Crippen molar-refractivity contribution in [1.29, 1.82) is 0 Å². The molecule has 1 fully saturated rings. The van der Waals surface area contributed by atoms with E-state index in [1.807, 2.05) is 0 Å². The van der Waals surface area contributed by atoms with Gasteiger partial charge >= 0.3 is 0 Å². The maximum atomic E-state index is 9.66. The van der Waals surface area contributed by atoms with E-state index in [1.165, 1.54) is 11.1 Å². The Kier molecular flexibility index (Phi) is 2.85. The number of hydrogen-bond acceptors (Lipinski definition) is 2. The van der Waals surface area contributed by atoms with Gasteiger partial charge < -0.3 is 10.4 Å². The molecule has 0 spiro atoms. The van der Waals surface area contributed by atoms with E-state index in [-0.39, 0.29) is 12.1 Å². The lowest BCUT2D eigenvalue weighted by molar-refractivity contribution is 0.159. The van der Waals surface area contributed by atoms with Crippen LogP contribution in [-0.4, -0.2) is 23.8 Å². The van der Waals surface area contributed by atoms with Crippen LogP contribution in [0.25, 0.3) is 0 Å². The van der Waals surface area contributed by atoms with Crippen molar-refractivity contribution in [3.8, 4) is 0 Å². The molecule has 1 aliphatic heterocycles. The molecule has 0 bridgehead atoms. The van der Waals surface area contributed by atoms with Crippen LogP contribution < -0.4 is 5.32 Å². The number of hydrogen-bond donors (Lipinski definition) is 2. The zero-order chi connectivity index (χ0) is 9.97.